The molecular formula is C48H73NO12. The Morgan fingerprint density at radius 2 is 1.57 bits per heavy atom. The molecule has 14 atom stereocenters. The zero-order valence-corrected chi connectivity index (χ0v) is 37.7. The summed E-state index contributed by atoms with van der Waals surface area (Å²) in [6.07, 6.45) is 10.7. The molecule has 1 aliphatic carbocycles. The number of fused-ring (bicyclic) bond motifs is 3. The SMILES string of the molecule is CO[C@H]1C[C@@H]2CC[C@@H](C)[C@@](O)(O2)C(=O)C(=O)N2CCC[C@H]2C(=O)O[C@H]([C@H](C)CC2CC[C@H](O)[C@@H](O)C2)CC(=O)[C@H](C)/C=C(\C)[C@@H](O)CC(=O)[C@H](C)C[C@H](C)/C=C/C=C/C=C/1C. The van der Waals surface area contributed by atoms with E-state index >= 15 is 0 Å². The van der Waals surface area contributed by atoms with Crippen LogP contribution >= 0.6 is 0 Å². The zero-order chi connectivity index (χ0) is 45.2. The number of esters is 1. The minimum Gasteiger partial charge on any atom is -0.460 e. The van der Waals surface area contributed by atoms with E-state index in [-0.39, 0.29) is 61.0 Å². The minimum atomic E-state index is -2.42. The van der Waals surface area contributed by atoms with Gasteiger partial charge in [0.25, 0.3) is 11.7 Å². The quantitative estimate of drug-likeness (QED) is 0.158. The number of ether oxygens (including phenoxy) is 3. The molecule has 4 aliphatic rings. The third-order valence-electron chi connectivity index (χ3n) is 13.6. The van der Waals surface area contributed by atoms with E-state index < -0.39 is 77.9 Å². The fourth-order valence-corrected chi connectivity index (χ4v) is 9.38. The molecule has 0 aromatic carbocycles. The Kier molecular flexibility index (Phi) is 18.8. The van der Waals surface area contributed by atoms with Gasteiger partial charge in [0.2, 0.25) is 5.79 Å². The number of nitrogens with zero attached hydrogens (tertiary/aromatic N) is 1. The molecule has 3 fully saturated rings. The predicted molar refractivity (Wildman–Crippen MR) is 230 cm³/mol. The second kappa shape index (κ2) is 22.9. The summed E-state index contributed by atoms with van der Waals surface area (Å²) < 4.78 is 18.0. The Hall–Kier alpha value is -3.33. The largest absolute Gasteiger partial charge is 0.460 e. The molecule has 2 saturated heterocycles. The van der Waals surface area contributed by atoms with Gasteiger partial charge in [0.05, 0.1) is 30.5 Å². The number of cyclic esters (lactones) is 1. The van der Waals surface area contributed by atoms with Crippen molar-refractivity contribution in [3.63, 3.8) is 0 Å². The Bertz CT molecular complexity index is 1670. The van der Waals surface area contributed by atoms with Crippen LogP contribution in [0, 0.1) is 35.5 Å². The molecule has 342 valence electrons. The van der Waals surface area contributed by atoms with E-state index in [1.54, 1.807) is 34.0 Å². The predicted octanol–water partition coefficient (Wildman–Crippen LogP) is 5.51. The van der Waals surface area contributed by atoms with Crippen LogP contribution in [0.4, 0.5) is 0 Å². The second-order valence-corrected chi connectivity index (χ2v) is 18.7. The number of aliphatic hydroxyl groups is 4. The summed E-state index contributed by atoms with van der Waals surface area (Å²) in [6, 6.07) is -1.13. The second-order valence-electron chi connectivity index (χ2n) is 18.7. The summed E-state index contributed by atoms with van der Waals surface area (Å²) in [5, 5.41) is 43.4. The van der Waals surface area contributed by atoms with E-state index in [9.17, 15) is 44.4 Å². The highest BCUT2D eigenvalue weighted by molar-refractivity contribution is 6.39. The number of amides is 1. The third kappa shape index (κ3) is 13.6. The van der Waals surface area contributed by atoms with Gasteiger partial charge in [0.1, 0.15) is 23.7 Å². The first-order valence-electron chi connectivity index (χ1n) is 22.5. The molecule has 1 unspecified atom stereocenters. The van der Waals surface area contributed by atoms with E-state index in [1.165, 1.54) is 0 Å². The fourth-order valence-electron chi connectivity index (χ4n) is 9.38. The lowest BCUT2D eigenvalue weighted by Crippen LogP contribution is -2.59. The molecule has 0 aromatic heterocycles. The summed E-state index contributed by atoms with van der Waals surface area (Å²) in [7, 11) is 1.57. The van der Waals surface area contributed by atoms with Crippen LogP contribution in [0.2, 0.25) is 0 Å². The van der Waals surface area contributed by atoms with Gasteiger partial charge in [-0.05, 0) is 101 Å². The first-order chi connectivity index (χ1) is 28.7. The lowest BCUT2D eigenvalue weighted by atomic mass is 9.78. The van der Waals surface area contributed by atoms with Gasteiger partial charge in [0.15, 0.2) is 0 Å². The summed E-state index contributed by atoms with van der Waals surface area (Å²) in [5.41, 5.74) is 1.37. The highest BCUT2D eigenvalue weighted by Gasteiger charge is 2.53. The molecule has 13 heteroatoms. The number of ketones is 3. The average molecular weight is 856 g/mol. The first-order valence-corrected chi connectivity index (χ1v) is 22.5. The molecular weight excluding hydrogens is 783 g/mol. The maximum absolute atomic E-state index is 14.1. The Morgan fingerprint density at radius 1 is 0.852 bits per heavy atom. The molecule has 4 N–H and O–H groups in total. The van der Waals surface area contributed by atoms with Crippen molar-refractivity contribution >= 4 is 29.2 Å². The molecule has 13 nitrogen and oxygen atoms in total. The fraction of sp³-hybridized carbons (Fsp3) is 0.729. The van der Waals surface area contributed by atoms with Crippen molar-refractivity contribution < 1.29 is 58.6 Å². The van der Waals surface area contributed by atoms with Gasteiger partial charge in [-0.2, -0.15) is 0 Å². The van der Waals surface area contributed by atoms with E-state index in [4.69, 9.17) is 14.2 Å². The van der Waals surface area contributed by atoms with Crippen LogP contribution in [0.5, 0.6) is 0 Å². The van der Waals surface area contributed by atoms with Gasteiger partial charge in [-0.3, -0.25) is 19.2 Å². The summed E-state index contributed by atoms with van der Waals surface area (Å²) in [4.78, 5) is 70.3. The van der Waals surface area contributed by atoms with Crippen molar-refractivity contribution in [3.05, 3.63) is 47.6 Å². The lowest BCUT2D eigenvalue weighted by molar-refractivity contribution is -0.265. The zero-order valence-electron chi connectivity index (χ0n) is 37.7. The molecule has 1 amide bonds. The monoisotopic (exact) mass is 856 g/mol. The standard InChI is InChI=1S/C48H73NO12/c1-28-13-10-9-11-14-29(2)43(59-8)25-36-18-16-34(7)48(58,61-36)45(55)46(56)49-20-12-15-37(49)47(57)60-44(33(6)23-35-17-19-38(50)42(54)24-35)27-41(53)32(5)22-31(4)40(52)26-39(51)30(3)21-28/h9-11,13-14,22,28,30,32-38,40,42-44,50,52,54,58H,12,15-21,23-27H2,1-8H3/b11-9+,13-10+,29-14+,31-22+/t28-,30-,32-,33-,34-,35?,36+,37+,38+,40+,42+,43+,44+,48-/m1/s1. The van der Waals surface area contributed by atoms with Gasteiger partial charge in [-0.1, -0.05) is 71.1 Å². The highest BCUT2D eigenvalue weighted by Crippen LogP contribution is 2.37. The van der Waals surface area contributed by atoms with Crippen LogP contribution < -0.4 is 0 Å². The van der Waals surface area contributed by atoms with E-state index in [0.29, 0.717) is 63.4 Å². The molecule has 61 heavy (non-hydrogen) atoms. The third-order valence-corrected chi connectivity index (χ3v) is 13.6. The first kappa shape index (κ1) is 50.3. The van der Waals surface area contributed by atoms with Crippen molar-refractivity contribution in [3.8, 4) is 0 Å². The van der Waals surface area contributed by atoms with E-state index in [0.717, 1.165) is 10.5 Å². The Labute approximate surface area is 362 Å². The van der Waals surface area contributed by atoms with Crippen LogP contribution in [0.25, 0.3) is 0 Å². The molecule has 3 aliphatic heterocycles. The molecule has 2 bridgehead atoms. The number of rotatable bonds is 4. The number of hydrogen-bond donors (Lipinski definition) is 4. The van der Waals surface area contributed by atoms with Gasteiger partial charge in [0, 0.05) is 50.7 Å². The summed E-state index contributed by atoms with van der Waals surface area (Å²) in [6.45, 7) is 12.8. The maximum atomic E-state index is 14.1. The number of Topliss-reactive ketones (excluding diaryl/α,β-unsaturated/α-hetero) is 3. The van der Waals surface area contributed by atoms with Gasteiger partial charge in [-0.25, -0.2) is 4.79 Å². The maximum Gasteiger partial charge on any atom is 0.329 e. The lowest BCUT2D eigenvalue weighted by Gasteiger charge is -2.41. The Balaban J connectivity index is 1.64. The molecule has 0 spiro atoms. The normalized spacial score (nSPS) is 40.9. The number of carbonyl (C=O) groups is 5. The smallest absolute Gasteiger partial charge is 0.329 e. The summed E-state index contributed by atoms with van der Waals surface area (Å²) >= 11 is 0. The summed E-state index contributed by atoms with van der Waals surface area (Å²) in [5.74, 6) is -7.70. The molecule has 3 heterocycles. The Morgan fingerprint density at radius 3 is 2.26 bits per heavy atom. The van der Waals surface area contributed by atoms with Crippen molar-refractivity contribution in [2.24, 2.45) is 35.5 Å². The van der Waals surface area contributed by atoms with E-state index in [1.807, 2.05) is 58.1 Å². The van der Waals surface area contributed by atoms with Crippen LogP contribution in [0.3, 0.4) is 0 Å². The highest BCUT2D eigenvalue weighted by atomic mass is 16.6. The van der Waals surface area contributed by atoms with Crippen molar-refractivity contribution in [2.75, 3.05) is 13.7 Å². The van der Waals surface area contributed by atoms with Gasteiger partial charge in [-0.15, -0.1) is 0 Å². The average Bonchev–Trinajstić information content (AvgIpc) is 3.71. The minimum absolute atomic E-state index is 0.00522. The van der Waals surface area contributed by atoms with Crippen LogP contribution in [0.15, 0.2) is 47.6 Å². The number of aliphatic hydroxyl groups excluding tert-OH is 3. The molecule has 4 rings (SSSR count). The van der Waals surface area contributed by atoms with Gasteiger partial charge < -0.3 is 39.5 Å². The van der Waals surface area contributed by atoms with Crippen molar-refractivity contribution in [2.45, 2.75) is 174 Å². The topological polar surface area (TPSA) is 197 Å². The van der Waals surface area contributed by atoms with Gasteiger partial charge >= 0.3 is 5.97 Å². The van der Waals surface area contributed by atoms with Crippen LogP contribution in [-0.4, -0.2) is 117 Å². The number of hydrogen-bond acceptors (Lipinski definition) is 12. The van der Waals surface area contributed by atoms with Crippen LogP contribution in [0.1, 0.15) is 126 Å². The van der Waals surface area contributed by atoms with Crippen molar-refractivity contribution in [1.82, 2.24) is 4.90 Å². The molecule has 0 radical (unpaired) electrons. The molecule has 1 saturated carbocycles. The molecule has 0 aromatic rings. The number of methoxy groups -OCH3 is 1. The number of allylic oxidation sites excluding steroid dienone is 6. The van der Waals surface area contributed by atoms with Crippen LogP contribution in [-0.2, 0) is 38.2 Å². The number of carbonyl (C=O) groups excluding carboxylic acids is 5. The van der Waals surface area contributed by atoms with Crippen molar-refractivity contribution in [1.29, 1.82) is 0 Å². The van der Waals surface area contributed by atoms with E-state index in [2.05, 4.69) is 0 Å².